The van der Waals surface area contributed by atoms with Crippen molar-refractivity contribution < 1.29 is 34.8 Å². The Hall–Kier alpha value is -3.29. The maximum atomic E-state index is 13.1. The molecule has 204 valence electrons. The lowest BCUT2D eigenvalue weighted by molar-refractivity contribution is -0.137. The first kappa shape index (κ1) is 29.3. The summed E-state index contributed by atoms with van der Waals surface area (Å²) in [5.74, 6) is -0.675. The number of alkyl halides is 3. The fraction of sp³-hybridized carbons (Fsp3) is 0.208. The molecule has 0 aliphatic rings. The largest absolute Gasteiger partial charge is 0.417 e. The molecule has 0 fully saturated rings. The number of nitrogens with zero attached hydrogens (tertiary/aromatic N) is 1. The summed E-state index contributed by atoms with van der Waals surface area (Å²) in [6.07, 6.45) is -3.80. The Labute approximate surface area is 223 Å². The van der Waals surface area contributed by atoms with E-state index in [4.69, 9.17) is 11.6 Å². The van der Waals surface area contributed by atoms with E-state index in [1.165, 1.54) is 12.1 Å². The number of carbonyl (C=O) groups is 1. The van der Waals surface area contributed by atoms with Gasteiger partial charge in [-0.2, -0.15) is 13.2 Å². The van der Waals surface area contributed by atoms with Crippen LogP contribution in [-0.4, -0.2) is 35.5 Å². The van der Waals surface area contributed by atoms with Crippen molar-refractivity contribution in [2.75, 3.05) is 27.1 Å². The van der Waals surface area contributed by atoms with Gasteiger partial charge in [-0.1, -0.05) is 23.7 Å². The molecule has 3 aromatic carbocycles. The van der Waals surface area contributed by atoms with Gasteiger partial charge in [0, 0.05) is 11.4 Å². The highest BCUT2D eigenvalue weighted by Gasteiger charge is 2.33. The van der Waals surface area contributed by atoms with Crippen LogP contribution in [0.3, 0.4) is 0 Å². The average Bonchev–Trinajstić information content (AvgIpc) is 2.79. The molecule has 0 saturated heterocycles. The van der Waals surface area contributed by atoms with Gasteiger partial charge in [-0.3, -0.25) is 13.8 Å². The zero-order valence-corrected chi connectivity index (χ0v) is 22.7. The summed E-state index contributed by atoms with van der Waals surface area (Å²) in [7, 11) is -8.09. The van der Waals surface area contributed by atoms with Gasteiger partial charge in [-0.05, 0) is 73.5 Å². The van der Waals surface area contributed by atoms with Crippen molar-refractivity contribution in [3.8, 4) is 0 Å². The van der Waals surface area contributed by atoms with Gasteiger partial charge in [0.15, 0.2) is 0 Å². The molecule has 0 aromatic heterocycles. The number of nitrogens with one attached hydrogen (secondary N) is 2. The first-order chi connectivity index (χ1) is 17.5. The molecule has 3 rings (SSSR count). The third kappa shape index (κ3) is 7.17. The second-order valence-corrected chi connectivity index (χ2v) is 12.4. The second kappa shape index (κ2) is 10.8. The van der Waals surface area contributed by atoms with Crippen molar-refractivity contribution in [2.45, 2.75) is 24.9 Å². The van der Waals surface area contributed by atoms with Crippen LogP contribution in [0.1, 0.15) is 16.7 Å². The van der Waals surface area contributed by atoms with Crippen LogP contribution >= 0.6 is 11.6 Å². The molecule has 0 saturated carbocycles. The van der Waals surface area contributed by atoms with Crippen LogP contribution in [-0.2, 0) is 31.0 Å². The molecular weight excluding hydrogens is 567 g/mol. The quantitative estimate of drug-likeness (QED) is 0.376. The number of aryl methyl sites for hydroxylation is 2. The molecule has 14 heteroatoms. The standard InChI is InChI=1S/C24H23ClF3N3O5S2/c1-15-4-5-16(2)22(12-15)31(37(3,33)34)14-23(32)29-17-6-9-19(10-7-17)38(35,36)30-18-8-11-21(25)20(13-18)24(26,27)28/h4-13,30H,14H2,1-3H3,(H,29,32). The van der Waals surface area contributed by atoms with Crippen molar-refractivity contribution in [1.82, 2.24) is 0 Å². The Balaban J connectivity index is 1.76. The SMILES string of the molecule is Cc1ccc(C)c(N(CC(=O)Nc2ccc(S(=O)(=O)Nc3ccc(Cl)c(C(F)(F)F)c3)cc2)S(C)(=O)=O)c1. The van der Waals surface area contributed by atoms with Crippen LogP contribution < -0.4 is 14.3 Å². The van der Waals surface area contributed by atoms with Crippen molar-refractivity contribution in [2.24, 2.45) is 0 Å². The van der Waals surface area contributed by atoms with Crippen LogP contribution in [0.2, 0.25) is 5.02 Å². The number of rotatable bonds is 8. The molecule has 0 atom stereocenters. The third-order valence-corrected chi connectivity index (χ3v) is 8.15. The molecule has 0 radical (unpaired) electrons. The lowest BCUT2D eigenvalue weighted by Crippen LogP contribution is -2.37. The van der Waals surface area contributed by atoms with E-state index in [0.717, 1.165) is 40.4 Å². The highest BCUT2D eigenvalue weighted by atomic mass is 35.5. The van der Waals surface area contributed by atoms with Crippen LogP contribution in [0.5, 0.6) is 0 Å². The molecule has 2 N–H and O–H groups in total. The molecule has 8 nitrogen and oxygen atoms in total. The van der Waals surface area contributed by atoms with E-state index in [1.54, 1.807) is 26.0 Å². The molecule has 0 bridgehead atoms. The molecule has 1 amide bonds. The molecule has 0 aliphatic heterocycles. The fourth-order valence-electron chi connectivity index (χ4n) is 3.44. The van der Waals surface area contributed by atoms with Crippen molar-refractivity contribution >= 4 is 54.6 Å². The Bertz CT molecular complexity index is 1580. The van der Waals surface area contributed by atoms with Gasteiger partial charge in [-0.25, -0.2) is 16.8 Å². The smallest absolute Gasteiger partial charge is 0.325 e. The maximum Gasteiger partial charge on any atom is 0.417 e. The predicted octanol–water partition coefficient (Wildman–Crippen LogP) is 5.18. The second-order valence-electron chi connectivity index (χ2n) is 8.43. The molecule has 0 spiro atoms. The van der Waals surface area contributed by atoms with Crippen molar-refractivity contribution in [3.63, 3.8) is 0 Å². The highest BCUT2D eigenvalue weighted by molar-refractivity contribution is 7.92. The van der Waals surface area contributed by atoms with Gasteiger partial charge in [-0.15, -0.1) is 0 Å². The highest BCUT2D eigenvalue weighted by Crippen LogP contribution is 2.36. The van der Waals surface area contributed by atoms with Gasteiger partial charge in [0.05, 0.1) is 27.4 Å². The molecule has 0 aliphatic carbocycles. The van der Waals surface area contributed by atoms with Crippen molar-refractivity contribution in [3.05, 3.63) is 82.4 Å². The number of sulfonamides is 2. The van der Waals surface area contributed by atoms with E-state index in [-0.39, 0.29) is 16.3 Å². The van der Waals surface area contributed by atoms with Crippen LogP contribution in [0.15, 0.2) is 65.6 Å². The van der Waals surface area contributed by atoms with Gasteiger partial charge in [0.2, 0.25) is 15.9 Å². The minimum absolute atomic E-state index is 0.175. The fourth-order valence-corrected chi connectivity index (χ4v) is 5.62. The molecule has 38 heavy (non-hydrogen) atoms. The Morgan fingerprint density at radius 1 is 0.921 bits per heavy atom. The van der Waals surface area contributed by atoms with Crippen molar-refractivity contribution in [1.29, 1.82) is 0 Å². The van der Waals surface area contributed by atoms with Gasteiger partial charge < -0.3 is 5.32 Å². The van der Waals surface area contributed by atoms with E-state index >= 15 is 0 Å². The van der Waals surface area contributed by atoms with Crippen LogP contribution in [0, 0.1) is 13.8 Å². The summed E-state index contributed by atoms with van der Waals surface area (Å²) in [6, 6.07) is 12.6. The molecular formula is C24H23ClF3N3O5S2. The van der Waals surface area contributed by atoms with Crippen LogP contribution in [0.25, 0.3) is 0 Å². The van der Waals surface area contributed by atoms with E-state index in [1.807, 2.05) is 6.07 Å². The Kier molecular flexibility index (Phi) is 8.34. The Morgan fingerprint density at radius 2 is 1.53 bits per heavy atom. The molecule has 0 heterocycles. The van der Waals surface area contributed by atoms with E-state index < -0.39 is 49.3 Å². The minimum atomic E-state index is -4.77. The lowest BCUT2D eigenvalue weighted by Gasteiger charge is -2.24. The topological polar surface area (TPSA) is 113 Å². The first-order valence-corrected chi connectivity index (χ1v) is 14.5. The summed E-state index contributed by atoms with van der Waals surface area (Å²) in [6.45, 7) is 2.98. The zero-order valence-electron chi connectivity index (χ0n) is 20.3. The van der Waals surface area contributed by atoms with E-state index in [0.29, 0.717) is 17.3 Å². The lowest BCUT2D eigenvalue weighted by atomic mass is 10.1. The van der Waals surface area contributed by atoms with E-state index in [2.05, 4.69) is 10.0 Å². The predicted molar refractivity (Wildman–Crippen MR) is 140 cm³/mol. The van der Waals surface area contributed by atoms with Gasteiger partial charge in [0.25, 0.3) is 10.0 Å². The monoisotopic (exact) mass is 589 g/mol. The number of benzene rings is 3. The number of anilines is 3. The van der Waals surface area contributed by atoms with E-state index in [9.17, 15) is 34.8 Å². The number of hydrogen-bond acceptors (Lipinski definition) is 5. The number of hydrogen-bond donors (Lipinski definition) is 2. The Morgan fingerprint density at radius 3 is 2.11 bits per heavy atom. The summed E-state index contributed by atoms with van der Waals surface area (Å²) in [5.41, 5.74) is 0.449. The summed E-state index contributed by atoms with van der Waals surface area (Å²) < 4.78 is 92.4. The number of carbonyl (C=O) groups excluding carboxylic acids is 1. The van der Waals surface area contributed by atoms with Gasteiger partial charge >= 0.3 is 6.18 Å². The maximum absolute atomic E-state index is 13.1. The molecule has 3 aromatic rings. The first-order valence-electron chi connectivity index (χ1n) is 10.8. The number of amides is 1. The van der Waals surface area contributed by atoms with Crippen LogP contribution in [0.4, 0.5) is 30.2 Å². The summed E-state index contributed by atoms with van der Waals surface area (Å²) in [4.78, 5) is 12.4. The normalized spacial score (nSPS) is 12.2. The van der Waals surface area contributed by atoms with Gasteiger partial charge in [0.1, 0.15) is 6.54 Å². The molecule has 0 unspecified atom stereocenters. The zero-order chi connectivity index (χ0) is 28.5. The summed E-state index contributed by atoms with van der Waals surface area (Å²) >= 11 is 5.57. The summed E-state index contributed by atoms with van der Waals surface area (Å²) in [5, 5.41) is 1.93. The minimum Gasteiger partial charge on any atom is -0.325 e. The average molecular weight is 590 g/mol. The number of halogens is 4. The third-order valence-electron chi connectivity index (χ3n) is 5.29.